The number of carbonyl (C=O) groups is 2. The van der Waals surface area contributed by atoms with Crippen LogP contribution in [0.4, 0.5) is 4.79 Å². The van der Waals surface area contributed by atoms with Crippen molar-refractivity contribution in [2.45, 2.75) is 58.3 Å². The molecule has 100 valence electrons. The van der Waals surface area contributed by atoms with Crippen molar-refractivity contribution in [2.75, 3.05) is 0 Å². The number of hydrogen-bond donors (Lipinski definition) is 3. The smallest absolute Gasteiger partial charge is 0.408 e. The summed E-state index contributed by atoms with van der Waals surface area (Å²) in [5.41, 5.74) is 3.06. The van der Waals surface area contributed by atoms with Gasteiger partial charge in [-0.15, -0.1) is 0 Å². The van der Waals surface area contributed by atoms with Crippen molar-refractivity contribution < 1.29 is 19.4 Å². The number of alkyl carbamates (subject to hydrolysis) is 1. The molecule has 17 heavy (non-hydrogen) atoms. The van der Waals surface area contributed by atoms with E-state index in [4.69, 9.17) is 10.5 Å². The number of ether oxygens (including phenoxy) is 1. The highest BCUT2D eigenvalue weighted by atomic mass is 16.6. The first-order valence-electron chi connectivity index (χ1n) is 5.51. The van der Waals surface area contributed by atoms with Crippen molar-refractivity contribution in [3.63, 3.8) is 0 Å². The van der Waals surface area contributed by atoms with Crippen molar-refractivity contribution >= 4 is 12.0 Å². The van der Waals surface area contributed by atoms with Crippen LogP contribution in [-0.2, 0) is 9.53 Å². The van der Waals surface area contributed by atoms with Gasteiger partial charge in [-0.25, -0.2) is 4.79 Å². The molecular weight excluding hydrogens is 224 g/mol. The van der Waals surface area contributed by atoms with Crippen molar-refractivity contribution in [1.82, 2.24) is 5.32 Å². The summed E-state index contributed by atoms with van der Waals surface area (Å²) in [5.74, 6) is -0.803. The van der Waals surface area contributed by atoms with Crippen LogP contribution in [0, 0.1) is 0 Å². The summed E-state index contributed by atoms with van der Waals surface area (Å²) < 4.78 is 4.99. The Bertz CT molecular complexity index is 294. The fourth-order valence-corrected chi connectivity index (χ4v) is 1.16. The molecular formula is C11H22N2O4. The third-order valence-corrected chi connectivity index (χ3v) is 2.28. The van der Waals surface area contributed by atoms with Crippen molar-refractivity contribution in [2.24, 2.45) is 5.73 Å². The number of rotatable bonds is 4. The number of primary amides is 1. The lowest BCUT2D eigenvalue weighted by atomic mass is 9.93. The van der Waals surface area contributed by atoms with Gasteiger partial charge in [0.25, 0.3) is 0 Å². The molecule has 0 bridgehead atoms. The van der Waals surface area contributed by atoms with Gasteiger partial charge in [0.15, 0.2) is 0 Å². The van der Waals surface area contributed by atoms with Crippen LogP contribution in [0.2, 0.25) is 0 Å². The fraction of sp³-hybridized carbons (Fsp3) is 0.818. The summed E-state index contributed by atoms with van der Waals surface area (Å²) in [7, 11) is 0. The maximum Gasteiger partial charge on any atom is 0.408 e. The van der Waals surface area contributed by atoms with Gasteiger partial charge in [-0.2, -0.15) is 0 Å². The fourth-order valence-electron chi connectivity index (χ4n) is 1.16. The van der Waals surface area contributed by atoms with Crippen LogP contribution in [0.25, 0.3) is 0 Å². The summed E-state index contributed by atoms with van der Waals surface area (Å²) in [5, 5.41) is 12.2. The zero-order valence-corrected chi connectivity index (χ0v) is 11.0. The molecule has 0 aliphatic carbocycles. The van der Waals surface area contributed by atoms with Crippen LogP contribution >= 0.6 is 0 Å². The Balaban J connectivity index is 4.69. The van der Waals surface area contributed by atoms with Crippen molar-refractivity contribution in [3.05, 3.63) is 0 Å². The predicted molar refractivity (Wildman–Crippen MR) is 63.3 cm³/mol. The minimum atomic E-state index is -1.40. The standard InChI is InChI=1S/C11H22N2O4/c1-6-11(5,16)7(8(12)14)13-9(15)17-10(2,3)4/h7,16H,6H2,1-5H3,(H2,12,14)(H,13,15)/t7-,11-/m1/s1. The molecule has 0 rings (SSSR count). The molecule has 6 nitrogen and oxygen atoms in total. The molecule has 0 aromatic carbocycles. The molecule has 0 saturated heterocycles. The van der Waals surface area contributed by atoms with E-state index < -0.39 is 29.2 Å². The van der Waals surface area contributed by atoms with Crippen LogP contribution in [0.15, 0.2) is 0 Å². The topological polar surface area (TPSA) is 102 Å². The summed E-state index contributed by atoms with van der Waals surface area (Å²) in [6.07, 6.45) is -0.508. The molecule has 0 spiro atoms. The Hall–Kier alpha value is -1.30. The molecule has 6 heteroatoms. The normalized spacial score (nSPS) is 16.8. The second kappa shape index (κ2) is 5.35. The van der Waals surface area contributed by atoms with Gasteiger partial charge in [0.1, 0.15) is 11.6 Å². The third-order valence-electron chi connectivity index (χ3n) is 2.28. The second-order valence-corrected chi connectivity index (χ2v) is 5.19. The van der Waals surface area contributed by atoms with Crippen LogP contribution < -0.4 is 11.1 Å². The molecule has 0 aliphatic heterocycles. The van der Waals surface area contributed by atoms with Gasteiger partial charge in [0, 0.05) is 0 Å². The van der Waals surface area contributed by atoms with E-state index in [-0.39, 0.29) is 6.42 Å². The van der Waals surface area contributed by atoms with Crippen molar-refractivity contribution in [3.8, 4) is 0 Å². The summed E-state index contributed by atoms with van der Waals surface area (Å²) in [4.78, 5) is 22.7. The van der Waals surface area contributed by atoms with E-state index in [1.807, 2.05) is 0 Å². The van der Waals surface area contributed by atoms with Gasteiger partial charge >= 0.3 is 6.09 Å². The largest absolute Gasteiger partial charge is 0.444 e. The summed E-state index contributed by atoms with van der Waals surface area (Å²) in [6, 6.07) is -1.18. The number of carbonyl (C=O) groups excluding carboxylic acids is 2. The number of nitrogens with two attached hydrogens (primary N) is 1. The third kappa shape index (κ3) is 5.53. The molecule has 0 radical (unpaired) electrons. The zero-order valence-electron chi connectivity index (χ0n) is 11.0. The van der Waals surface area contributed by atoms with E-state index in [1.165, 1.54) is 6.92 Å². The first-order chi connectivity index (χ1) is 7.49. The molecule has 0 unspecified atom stereocenters. The minimum Gasteiger partial charge on any atom is -0.444 e. The molecule has 0 aliphatic rings. The highest BCUT2D eigenvalue weighted by Gasteiger charge is 2.36. The molecule has 2 amide bonds. The van der Waals surface area contributed by atoms with Gasteiger partial charge < -0.3 is 20.9 Å². The molecule has 4 N–H and O–H groups in total. The maximum atomic E-state index is 11.5. The van der Waals surface area contributed by atoms with Gasteiger partial charge in [-0.1, -0.05) is 6.92 Å². The first-order valence-corrected chi connectivity index (χ1v) is 5.51. The molecule has 0 heterocycles. The van der Waals surface area contributed by atoms with E-state index in [0.29, 0.717) is 0 Å². The minimum absolute atomic E-state index is 0.274. The number of nitrogens with one attached hydrogen (secondary N) is 1. The number of hydrogen-bond acceptors (Lipinski definition) is 4. The highest BCUT2D eigenvalue weighted by molar-refractivity contribution is 5.85. The van der Waals surface area contributed by atoms with E-state index in [2.05, 4.69) is 5.32 Å². The van der Waals surface area contributed by atoms with E-state index >= 15 is 0 Å². The Morgan fingerprint density at radius 2 is 1.82 bits per heavy atom. The SMILES string of the molecule is CC[C@@](C)(O)[C@H](NC(=O)OC(C)(C)C)C(N)=O. The van der Waals surface area contributed by atoms with Crippen LogP contribution in [-0.4, -0.2) is 34.4 Å². The Morgan fingerprint density at radius 3 is 2.12 bits per heavy atom. The predicted octanol–water partition coefficient (Wildman–Crippen LogP) is 0.526. The number of aliphatic hydroxyl groups is 1. The van der Waals surface area contributed by atoms with Crippen LogP contribution in [0.1, 0.15) is 41.0 Å². The van der Waals surface area contributed by atoms with Gasteiger partial charge in [0.05, 0.1) is 5.60 Å². The number of amides is 2. The van der Waals surface area contributed by atoms with Crippen molar-refractivity contribution in [1.29, 1.82) is 0 Å². The molecule has 0 fully saturated rings. The molecule has 2 atom stereocenters. The maximum absolute atomic E-state index is 11.5. The Kier molecular flexibility index (Phi) is 4.94. The van der Waals surface area contributed by atoms with E-state index in [1.54, 1.807) is 27.7 Å². The summed E-state index contributed by atoms with van der Waals surface area (Å²) >= 11 is 0. The average Bonchev–Trinajstić information content (AvgIpc) is 2.10. The molecule has 0 aromatic heterocycles. The first kappa shape index (κ1) is 15.7. The zero-order chi connectivity index (χ0) is 13.9. The lowest BCUT2D eigenvalue weighted by Gasteiger charge is -2.31. The Labute approximate surface area is 102 Å². The lowest BCUT2D eigenvalue weighted by molar-refractivity contribution is -0.126. The summed E-state index contributed by atoms with van der Waals surface area (Å²) in [6.45, 7) is 8.21. The average molecular weight is 246 g/mol. The van der Waals surface area contributed by atoms with Gasteiger partial charge in [-0.3, -0.25) is 4.79 Å². The monoisotopic (exact) mass is 246 g/mol. The lowest BCUT2D eigenvalue weighted by Crippen LogP contribution is -2.58. The second-order valence-electron chi connectivity index (χ2n) is 5.19. The van der Waals surface area contributed by atoms with Crippen LogP contribution in [0.3, 0.4) is 0 Å². The Morgan fingerprint density at radius 1 is 1.35 bits per heavy atom. The van der Waals surface area contributed by atoms with Gasteiger partial charge in [0.2, 0.25) is 5.91 Å². The van der Waals surface area contributed by atoms with E-state index in [0.717, 1.165) is 0 Å². The van der Waals surface area contributed by atoms with Crippen LogP contribution in [0.5, 0.6) is 0 Å². The van der Waals surface area contributed by atoms with Gasteiger partial charge in [-0.05, 0) is 34.1 Å². The quantitative estimate of drug-likeness (QED) is 0.673. The highest BCUT2D eigenvalue weighted by Crippen LogP contribution is 2.15. The van der Waals surface area contributed by atoms with E-state index in [9.17, 15) is 14.7 Å². The molecule has 0 aromatic rings. The molecule has 0 saturated carbocycles.